The summed E-state index contributed by atoms with van der Waals surface area (Å²) in [5.41, 5.74) is 15.4. The molecule has 60 heavy (non-hydrogen) atoms. The summed E-state index contributed by atoms with van der Waals surface area (Å²) in [7, 11) is 0.463. The van der Waals surface area contributed by atoms with Gasteiger partial charge in [-0.2, -0.15) is 0 Å². The Labute approximate surface area is 358 Å². The fraction of sp³-hybridized carbons (Fsp3) is 0.0500. The minimum absolute atomic E-state index is 0.0263. The highest BCUT2D eigenvalue weighted by atomic mass is 79.9. The van der Waals surface area contributed by atoms with Gasteiger partial charge in [-0.1, -0.05) is 47.5 Å². The monoisotopic (exact) mass is 915 g/mol. The molecule has 0 saturated heterocycles. The standard InChI is InChI=1S/C20H14ClFN4O2.C12H10BFN3O3.C8H5BrClNO/c1-10-24-16-9-14(21)13(8-17(16)28-10)11-6-7-18(25-19(11)23)26-20(27)12-4-2-3-5-15(12)22;14-8-4-2-1-3-7(8)12(18)17-10-6-5-9(20-13-19)11(15)16-10;1-4-11-7-3-6(10)5(9)2-8(7)12-4/h2-9H,1H3,(H3,23,25,26,27);1-6,19H,(H3,15,16,17,18);2-3H,1H3. The van der Waals surface area contributed by atoms with Crippen LogP contribution in [-0.4, -0.2) is 44.5 Å². The number of hydrogen-bond acceptors (Lipinski definition) is 12. The molecule has 14 nitrogen and oxygen atoms in total. The van der Waals surface area contributed by atoms with Gasteiger partial charge in [0.05, 0.1) is 21.2 Å². The van der Waals surface area contributed by atoms with Crippen molar-refractivity contribution in [1.29, 1.82) is 0 Å². The fourth-order valence-corrected chi connectivity index (χ4v) is 6.17. The summed E-state index contributed by atoms with van der Waals surface area (Å²) in [5.74, 6) is -0.726. The number of nitrogen functional groups attached to an aromatic ring is 2. The van der Waals surface area contributed by atoms with Crippen LogP contribution in [0.15, 0.2) is 110 Å². The van der Waals surface area contributed by atoms with Gasteiger partial charge in [0, 0.05) is 29.4 Å². The van der Waals surface area contributed by atoms with Crippen LogP contribution >= 0.6 is 39.1 Å². The van der Waals surface area contributed by atoms with Crippen molar-refractivity contribution < 1.29 is 36.9 Å². The van der Waals surface area contributed by atoms with E-state index in [4.69, 9.17) is 48.5 Å². The number of oxazole rings is 2. The Morgan fingerprint density at radius 3 is 1.72 bits per heavy atom. The van der Waals surface area contributed by atoms with Gasteiger partial charge in [-0.25, -0.2) is 28.7 Å². The third-order valence-corrected chi connectivity index (χ3v) is 9.63. The minimum atomic E-state index is -0.641. The van der Waals surface area contributed by atoms with E-state index in [1.807, 2.05) is 13.0 Å². The average molecular weight is 917 g/mol. The molecule has 0 unspecified atom stereocenters. The van der Waals surface area contributed by atoms with Crippen molar-refractivity contribution in [2.24, 2.45) is 0 Å². The predicted octanol–water partition coefficient (Wildman–Crippen LogP) is 9.34. The molecule has 0 atom stereocenters. The molecule has 4 heterocycles. The minimum Gasteiger partial charge on any atom is -0.535 e. The van der Waals surface area contributed by atoms with E-state index in [2.05, 4.69) is 51.2 Å². The number of carbonyl (C=O) groups excluding carboxylic acids is 2. The summed E-state index contributed by atoms with van der Waals surface area (Å²) in [4.78, 5) is 40.5. The molecule has 2 amide bonds. The molecule has 0 aliphatic carbocycles. The van der Waals surface area contributed by atoms with E-state index in [0.29, 0.717) is 51.7 Å². The molecule has 8 aromatic rings. The number of carbonyl (C=O) groups is 2. The predicted molar refractivity (Wildman–Crippen MR) is 229 cm³/mol. The van der Waals surface area contributed by atoms with Crippen molar-refractivity contribution in [3.63, 3.8) is 0 Å². The van der Waals surface area contributed by atoms with Gasteiger partial charge in [0.2, 0.25) is 0 Å². The van der Waals surface area contributed by atoms with E-state index in [0.717, 1.165) is 15.6 Å². The molecule has 0 fully saturated rings. The maximum atomic E-state index is 13.7. The maximum absolute atomic E-state index is 13.7. The van der Waals surface area contributed by atoms with Crippen LogP contribution in [0.5, 0.6) is 5.75 Å². The van der Waals surface area contributed by atoms with Crippen molar-refractivity contribution in [3.8, 4) is 16.9 Å². The van der Waals surface area contributed by atoms with Gasteiger partial charge in [0.25, 0.3) is 11.8 Å². The number of anilines is 4. The Morgan fingerprint density at radius 1 is 0.700 bits per heavy atom. The third kappa shape index (κ3) is 10.3. The number of aromatic nitrogens is 4. The van der Waals surface area contributed by atoms with Crippen LogP contribution in [-0.2, 0) is 0 Å². The van der Waals surface area contributed by atoms with E-state index in [9.17, 15) is 18.4 Å². The number of aryl methyl sites for hydroxylation is 2. The highest BCUT2D eigenvalue weighted by Gasteiger charge is 2.17. The molecule has 8 rings (SSSR count). The first-order valence-corrected chi connectivity index (χ1v) is 18.8. The second-order valence-electron chi connectivity index (χ2n) is 12.3. The van der Waals surface area contributed by atoms with Crippen LogP contribution < -0.4 is 26.8 Å². The first-order chi connectivity index (χ1) is 28.7. The van der Waals surface area contributed by atoms with Gasteiger partial charge < -0.3 is 40.6 Å². The highest BCUT2D eigenvalue weighted by molar-refractivity contribution is 9.10. The van der Waals surface area contributed by atoms with Crippen LogP contribution in [0.1, 0.15) is 32.5 Å². The second kappa shape index (κ2) is 19.0. The van der Waals surface area contributed by atoms with Crippen molar-refractivity contribution in [2.75, 3.05) is 22.1 Å². The number of amides is 2. The molecule has 20 heteroatoms. The number of fused-ring (bicyclic) bond motifs is 2. The van der Waals surface area contributed by atoms with Gasteiger partial charge in [0.15, 0.2) is 28.8 Å². The smallest absolute Gasteiger partial charge is 0.535 e. The lowest BCUT2D eigenvalue weighted by Crippen LogP contribution is -2.15. The zero-order valence-corrected chi connectivity index (χ0v) is 34.2. The quantitative estimate of drug-likeness (QED) is 0.0945. The molecule has 0 saturated carbocycles. The summed E-state index contributed by atoms with van der Waals surface area (Å²) in [5, 5.41) is 14.5. The van der Waals surface area contributed by atoms with E-state index in [-0.39, 0.29) is 40.1 Å². The summed E-state index contributed by atoms with van der Waals surface area (Å²) in [6, 6.07) is 24.3. The number of rotatable bonds is 7. The lowest BCUT2D eigenvalue weighted by molar-refractivity contribution is 0.101. The molecular formula is C40H29BBrCl2F2N8O6. The number of benzene rings is 4. The molecule has 0 spiro atoms. The summed E-state index contributed by atoms with van der Waals surface area (Å²) >= 11 is 15.5. The Balaban J connectivity index is 0.000000164. The highest BCUT2D eigenvalue weighted by Crippen LogP contribution is 2.35. The van der Waals surface area contributed by atoms with E-state index < -0.39 is 23.4 Å². The molecule has 4 aromatic carbocycles. The van der Waals surface area contributed by atoms with Crippen LogP contribution in [0, 0.1) is 25.5 Å². The second-order valence-corrected chi connectivity index (χ2v) is 14.0. The first-order valence-electron chi connectivity index (χ1n) is 17.3. The molecule has 1 radical (unpaired) electrons. The molecule has 303 valence electrons. The molecule has 7 N–H and O–H groups in total. The van der Waals surface area contributed by atoms with E-state index >= 15 is 0 Å². The molecule has 0 bridgehead atoms. The van der Waals surface area contributed by atoms with Crippen LogP contribution in [0.25, 0.3) is 33.3 Å². The van der Waals surface area contributed by atoms with Gasteiger partial charge in [0.1, 0.15) is 45.9 Å². The molecule has 0 aliphatic rings. The number of pyridine rings is 2. The van der Waals surface area contributed by atoms with E-state index in [1.165, 1.54) is 48.5 Å². The zero-order valence-electron chi connectivity index (χ0n) is 31.1. The Kier molecular flexibility index (Phi) is 13.6. The molecular weight excluding hydrogens is 888 g/mol. The summed E-state index contributed by atoms with van der Waals surface area (Å²) in [6.45, 7) is 3.55. The van der Waals surface area contributed by atoms with Crippen LogP contribution in [0.3, 0.4) is 0 Å². The molecule has 4 aromatic heterocycles. The maximum Gasteiger partial charge on any atom is 0.569 e. The first kappa shape index (κ1) is 43.0. The summed E-state index contributed by atoms with van der Waals surface area (Å²) in [6.07, 6.45) is 0. The van der Waals surface area contributed by atoms with Gasteiger partial charge in [-0.15, -0.1) is 0 Å². The van der Waals surface area contributed by atoms with Crippen molar-refractivity contribution in [1.82, 2.24) is 19.9 Å². The van der Waals surface area contributed by atoms with Crippen LogP contribution in [0.2, 0.25) is 10.0 Å². The average Bonchev–Trinajstić information content (AvgIpc) is 3.75. The lowest BCUT2D eigenvalue weighted by atomic mass is 10.1. The normalized spacial score (nSPS) is 10.6. The number of hydrogen-bond donors (Lipinski definition) is 5. The van der Waals surface area contributed by atoms with E-state index in [1.54, 1.807) is 49.4 Å². The Morgan fingerprint density at radius 2 is 1.20 bits per heavy atom. The van der Waals surface area contributed by atoms with Crippen molar-refractivity contribution in [3.05, 3.63) is 146 Å². The van der Waals surface area contributed by atoms with Gasteiger partial charge in [-0.3, -0.25) is 9.59 Å². The lowest BCUT2D eigenvalue weighted by Gasteiger charge is -2.10. The summed E-state index contributed by atoms with van der Waals surface area (Å²) < 4.78 is 43.5. The van der Waals surface area contributed by atoms with Gasteiger partial charge >= 0.3 is 7.69 Å². The fourth-order valence-electron chi connectivity index (χ4n) is 5.43. The van der Waals surface area contributed by atoms with Gasteiger partial charge in [-0.05, 0) is 88.7 Å². The Bertz CT molecular complexity index is 2850. The largest absolute Gasteiger partial charge is 0.569 e. The van der Waals surface area contributed by atoms with Crippen LogP contribution in [0.4, 0.5) is 32.1 Å². The zero-order chi connectivity index (χ0) is 43.1. The van der Waals surface area contributed by atoms with Crippen molar-refractivity contribution >= 4 is 104 Å². The Hall–Kier alpha value is -6.60. The SMILES string of the molecule is Cc1nc2cc(Cl)c(-c3ccc(NC(=O)c4ccccc4F)nc3N)cc2o1.Cc1nc2cc(Cl)c(Br)cc2o1.Nc1nc(NC(=O)c2ccccc2F)ccc1O[B]O. The number of nitrogens with one attached hydrogen (secondary N) is 2. The number of halogens is 5. The third-order valence-electron chi connectivity index (χ3n) is 8.12. The topological polar surface area (TPSA) is 218 Å². The number of nitrogens with zero attached hydrogens (tertiary/aromatic N) is 4. The van der Waals surface area contributed by atoms with Crippen molar-refractivity contribution in [2.45, 2.75) is 13.8 Å². The number of nitrogens with two attached hydrogens (primary N) is 2. The molecule has 0 aliphatic heterocycles.